The first-order valence-electron chi connectivity index (χ1n) is 10.2. The van der Waals surface area contributed by atoms with Gasteiger partial charge in [-0.1, -0.05) is 18.2 Å². The van der Waals surface area contributed by atoms with Crippen molar-refractivity contribution in [3.63, 3.8) is 0 Å². The molecule has 31 heavy (non-hydrogen) atoms. The maximum Gasteiger partial charge on any atom is 0.255 e. The van der Waals surface area contributed by atoms with E-state index in [0.29, 0.717) is 40.6 Å². The van der Waals surface area contributed by atoms with Crippen molar-refractivity contribution in [3.05, 3.63) is 70.7 Å². The van der Waals surface area contributed by atoms with Gasteiger partial charge in [-0.3, -0.25) is 9.59 Å². The normalized spacial score (nSPS) is 18.3. The molecule has 7 heteroatoms. The Morgan fingerprint density at radius 2 is 1.97 bits per heavy atom. The monoisotopic (exact) mass is 419 g/mol. The number of para-hydroxylation sites is 1. The van der Waals surface area contributed by atoms with Crippen LogP contribution < -0.4 is 20.1 Å². The Morgan fingerprint density at radius 1 is 1.13 bits per heavy atom. The van der Waals surface area contributed by atoms with Gasteiger partial charge in [-0.25, -0.2) is 4.98 Å². The third-order valence-electron chi connectivity index (χ3n) is 5.67. The molecule has 1 amide bonds. The molecule has 2 aromatic rings. The van der Waals surface area contributed by atoms with E-state index in [1.54, 1.807) is 44.7 Å². The highest BCUT2D eigenvalue weighted by atomic mass is 16.5. The highest BCUT2D eigenvalue weighted by Crippen LogP contribution is 2.47. The Morgan fingerprint density at radius 3 is 2.68 bits per heavy atom. The molecule has 160 valence electrons. The van der Waals surface area contributed by atoms with Crippen LogP contribution in [-0.2, 0) is 9.59 Å². The standard InChI is InChI=1S/C24H25N3O4/c1-14-20(24(29)27-19-12-4-5-13-25-19)21(22-16(26-14)9-7-10-17(22)28)15-8-6-11-18(30-2)23(15)31-3/h4-6,8,11-13,21,26H,7,9-10H2,1-3H3,(H,25,27,29)/t21-/m0/s1. The molecular weight excluding hydrogens is 394 g/mol. The number of pyridine rings is 1. The summed E-state index contributed by atoms with van der Waals surface area (Å²) in [6.07, 6.45) is 3.62. The highest BCUT2D eigenvalue weighted by Gasteiger charge is 2.40. The topological polar surface area (TPSA) is 89.5 Å². The molecule has 1 atom stereocenters. The lowest BCUT2D eigenvalue weighted by Gasteiger charge is -2.35. The first kappa shape index (κ1) is 20.7. The van der Waals surface area contributed by atoms with Gasteiger partial charge in [-0.2, -0.15) is 0 Å². The summed E-state index contributed by atoms with van der Waals surface area (Å²) >= 11 is 0. The Bertz CT molecular complexity index is 1090. The summed E-state index contributed by atoms with van der Waals surface area (Å²) < 4.78 is 11.2. The number of aromatic nitrogens is 1. The number of methoxy groups -OCH3 is 2. The van der Waals surface area contributed by atoms with E-state index in [0.717, 1.165) is 24.1 Å². The summed E-state index contributed by atoms with van der Waals surface area (Å²) in [7, 11) is 3.13. The molecule has 2 aliphatic rings. The molecule has 2 N–H and O–H groups in total. The van der Waals surface area contributed by atoms with Crippen LogP contribution in [0, 0.1) is 0 Å². The minimum Gasteiger partial charge on any atom is -0.493 e. The van der Waals surface area contributed by atoms with Gasteiger partial charge in [-0.15, -0.1) is 0 Å². The predicted molar refractivity (Wildman–Crippen MR) is 117 cm³/mol. The van der Waals surface area contributed by atoms with Gasteiger partial charge in [0, 0.05) is 40.7 Å². The highest BCUT2D eigenvalue weighted by molar-refractivity contribution is 6.09. The number of carbonyl (C=O) groups is 2. The van der Waals surface area contributed by atoms with E-state index >= 15 is 0 Å². The zero-order chi connectivity index (χ0) is 22.0. The van der Waals surface area contributed by atoms with E-state index in [9.17, 15) is 9.59 Å². The number of hydrogen-bond acceptors (Lipinski definition) is 6. The number of hydrogen-bond donors (Lipinski definition) is 2. The van der Waals surface area contributed by atoms with E-state index in [1.807, 2.05) is 19.1 Å². The van der Waals surface area contributed by atoms with Gasteiger partial charge in [0.2, 0.25) is 0 Å². The largest absolute Gasteiger partial charge is 0.493 e. The molecule has 2 heterocycles. The molecule has 0 saturated heterocycles. The van der Waals surface area contributed by atoms with Crippen LogP contribution in [0.4, 0.5) is 5.82 Å². The minimum atomic E-state index is -0.571. The Balaban J connectivity index is 1.87. The number of nitrogens with zero attached hydrogens (tertiary/aromatic N) is 1. The number of nitrogens with one attached hydrogen (secondary N) is 2. The van der Waals surface area contributed by atoms with Gasteiger partial charge in [0.25, 0.3) is 5.91 Å². The zero-order valence-corrected chi connectivity index (χ0v) is 17.8. The lowest BCUT2D eigenvalue weighted by atomic mass is 9.74. The fraction of sp³-hybridized carbons (Fsp3) is 0.292. The van der Waals surface area contributed by atoms with Crippen molar-refractivity contribution in [2.75, 3.05) is 19.5 Å². The van der Waals surface area contributed by atoms with Crippen molar-refractivity contribution in [1.82, 2.24) is 10.3 Å². The number of benzene rings is 1. The van der Waals surface area contributed by atoms with Crippen LogP contribution in [0.15, 0.2) is 65.1 Å². The summed E-state index contributed by atoms with van der Waals surface area (Å²) in [4.78, 5) is 30.7. The van der Waals surface area contributed by atoms with E-state index in [2.05, 4.69) is 15.6 Å². The summed E-state index contributed by atoms with van der Waals surface area (Å²) in [5, 5.41) is 6.18. The maximum atomic E-state index is 13.4. The molecule has 4 rings (SSSR count). The van der Waals surface area contributed by atoms with Gasteiger partial charge in [0.15, 0.2) is 17.3 Å². The molecule has 0 radical (unpaired) electrons. The molecule has 1 aliphatic heterocycles. The number of allylic oxidation sites excluding steroid dienone is 3. The average molecular weight is 419 g/mol. The average Bonchev–Trinajstić information content (AvgIpc) is 2.78. The van der Waals surface area contributed by atoms with Crippen molar-refractivity contribution in [2.45, 2.75) is 32.1 Å². The van der Waals surface area contributed by atoms with Crippen molar-refractivity contribution < 1.29 is 19.1 Å². The third-order valence-corrected chi connectivity index (χ3v) is 5.67. The SMILES string of the molecule is COc1cccc([C@H]2C(C(=O)Nc3ccccn3)=C(C)NC3=C2C(=O)CCC3)c1OC. The summed E-state index contributed by atoms with van der Waals surface area (Å²) in [6.45, 7) is 1.86. The molecule has 7 nitrogen and oxygen atoms in total. The lowest BCUT2D eigenvalue weighted by Crippen LogP contribution is -2.35. The molecular formula is C24H25N3O4. The summed E-state index contributed by atoms with van der Waals surface area (Å²) in [6, 6.07) is 10.8. The van der Waals surface area contributed by atoms with E-state index in [1.165, 1.54) is 0 Å². The van der Waals surface area contributed by atoms with Crippen LogP contribution in [-0.4, -0.2) is 30.9 Å². The summed E-state index contributed by atoms with van der Waals surface area (Å²) in [5.74, 6) is 0.656. The molecule has 1 aliphatic carbocycles. The van der Waals surface area contributed by atoms with Gasteiger partial charge in [0.05, 0.1) is 20.1 Å². The second-order valence-corrected chi connectivity index (χ2v) is 7.52. The first-order valence-corrected chi connectivity index (χ1v) is 10.2. The molecule has 0 fully saturated rings. The van der Waals surface area contributed by atoms with Gasteiger partial charge in [0.1, 0.15) is 5.82 Å². The van der Waals surface area contributed by atoms with Crippen molar-refractivity contribution in [2.24, 2.45) is 0 Å². The lowest BCUT2D eigenvalue weighted by molar-refractivity contribution is -0.116. The molecule has 1 aromatic carbocycles. The number of amides is 1. The molecule has 0 spiro atoms. The number of ether oxygens (including phenoxy) is 2. The smallest absolute Gasteiger partial charge is 0.255 e. The number of ketones is 1. The van der Waals surface area contributed by atoms with Crippen LogP contribution >= 0.6 is 0 Å². The molecule has 1 aromatic heterocycles. The number of rotatable bonds is 5. The fourth-order valence-electron chi connectivity index (χ4n) is 4.35. The molecule has 0 bridgehead atoms. The van der Waals surface area contributed by atoms with E-state index in [-0.39, 0.29) is 11.7 Å². The van der Waals surface area contributed by atoms with Crippen LogP contribution in [0.5, 0.6) is 11.5 Å². The maximum absolute atomic E-state index is 13.4. The van der Waals surface area contributed by atoms with Gasteiger partial charge < -0.3 is 20.1 Å². The second-order valence-electron chi connectivity index (χ2n) is 7.52. The third kappa shape index (κ3) is 3.79. The zero-order valence-electron chi connectivity index (χ0n) is 17.8. The number of anilines is 1. The predicted octanol–water partition coefficient (Wildman–Crippen LogP) is 3.71. The van der Waals surface area contributed by atoms with Crippen LogP contribution in [0.25, 0.3) is 0 Å². The van der Waals surface area contributed by atoms with Crippen LogP contribution in [0.1, 0.15) is 37.7 Å². The molecule has 0 saturated carbocycles. The minimum absolute atomic E-state index is 0.0410. The Hall–Kier alpha value is -3.61. The van der Waals surface area contributed by atoms with Crippen LogP contribution in [0.2, 0.25) is 0 Å². The first-order chi connectivity index (χ1) is 15.0. The summed E-state index contributed by atoms with van der Waals surface area (Å²) in [5.41, 5.74) is 3.38. The quantitative estimate of drug-likeness (QED) is 0.768. The van der Waals surface area contributed by atoms with E-state index < -0.39 is 5.92 Å². The fourth-order valence-corrected chi connectivity index (χ4v) is 4.35. The number of Topliss-reactive ketones (excluding diaryl/α,β-unsaturated/α-hetero) is 1. The van der Waals surface area contributed by atoms with Crippen molar-refractivity contribution in [1.29, 1.82) is 0 Å². The van der Waals surface area contributed by atoms with Crippen molar-refractivity contribution in [3.8, 4) is 11.5 Å². The van der Waals surface area contributed by atoms with Gasteiger partial charge in [-0.05, 0) is 38.0 Å². The Kier molecular flexibility index (Phi) is 5.75. The number of carbonyl (C=O) groups excluding carboxylic acids is 2. The Labute approximate surface area is 181 Å². The van der Waals surface area contributed by atoms with Crippen LogP contribution in [0.3, 0.4) is 0 Å². The molecule has 0 unspecified atom stereocenters. The van der Waals surface area contributed by atoms with Crippen molar-refractivity contribution >= 4 is 17.5 Å². The van der Waals surface area contributed by atoms with Gasteiger partial charge >= 0.3 is 0 Å². The number of dihydropyridines is 1. The second kappa shape index (κ2) is 8.63. The van der Waals surface area contributed by atoms with E-state index in [4.69, 9.17) is 9.47 Å².